The fourth-order valence-corrected chi connectivity index (χ4v) is 3.18. The van der Waals surface area contributed by atoms with Gasteiger partial charge in [-0.2, -0.15) is 0 Å². The quantitative estimate of drug-likeness (QED) is 0.187. The summed E-state index contributed by atoms with van der Waals surface area (Å²) < 4.78 is 10.5. The van der Waals surface area contributed by atoms with Crippen molar-refractivity contribution >= 4 is 12.1 Å². The van der Waals surface area contributed by atoms with Gasteiger partial charge in [0.05, 0.1) is 13.2 Å². The van der Waals surface area contributed by atoms with Crippen LogP contribution in [0.4, 0.5) is 4.79 Å². The van der Waals surface area contributed by atoms with Crippen molar-refractivity contribution in [1.29, 1.82) is 0 Å². The van der Waals surface area contributed by atoms with E-state index in [9.17, 15) is 9.59 Å². The fourth-order valence-electron chi connectivity index (χ4n) is 3.18. The maximum atomic E-state index is 12.2. The molecule has 0 aliphatic carbocycles. The van der Waals surface area contributed by atoms with Crippen LogP contribution >= 0.6 is 0 Å². The lowest BCUT2D eigenvalue weighted by molar-refractivity contribution is -0.146. The van der Waals surface area contributed by atoms with Crippen molar-refractivity contribution in [2.75, 3.05) is 13.2 Å². The van der Waals surface area contributed by atoms with Crippen LogP contribution in [0.25, 0.3) is 0 Å². The van der Waals surface area contributed by atoms with Crippen LogP contribution < -0.4 is 5.32 Å². The molecule has 0 heterocycles. The molecule has 0 spiro atoms. The molecule has 5 heteroatoms. The van der Waals surface area contributed by atoms with Crippen LogP contribution in [0.5, 0.6) is 0 Å². The van der Waals surface area contributed by atoms with Crippen LogP contribution in [0, 0.1) is 5.92 Å². The van der Waals surface area contributed by atoms with Gasteiger partial charge in [-0.3, -0.25) is 0 Å². The summed E-state index contributed by atoms with van der Waals surface area (Å²) in [5.74, 6) is -0.0838. The molecule has 5 nitrogen and oxygen atoms in total. The van der Waals surface area contributed by atoms with Crippen molar-refractivity contribution in [1.82, 2.24) is 5.32 Å². The smallest absolute Gasteiger partial charge is 0.407 e. The lowest BCUT2D eigenvalue weighted by Crippen LogP contribution is -2.42. The molecule has 0 aromatic carbocycles. The zero-order valence-electron chi connectivity index (χ0n) is 19.6. The molecule has 0 rings (SSSR count). The number of unbranched alkanes of at least 4 members (excludes halogenated alkanes) is 11. The van der Waals surface area contributed by atoms with Crippen molar-refractivity contribution in [3.05, 3.63) is 0 Å². The molecule has 0 aliphatic heterocycles. The van der Waals surface area contributed by atoms with E-state index in [0.29, 0.717) is 19.6 Å². The van der Waals surface area contributed by atoms with E-state index in [2.05, 4.69) is 12.2 Å². The minimum absolute atomic E-state index is 0.267. The molecule has 0 saturated heterocycles. The second-order valence-electron chi connectivity index (χ2n) is 8.53. The van der Waals surface area contributed by atoms with Gasteiger partial charge in [-0.25, -0.2) is 9.59 Å². The first-order valence-corrected chi connectivity index (χ1v) is 12.1. The van der Waals surface area contributed by atoms with E-state index in [0.717, 1.165) is 19.3 Å². The summed E-state index contributed by atoms with van der Waals surface area (Å²) in [4.78, 5) is 24.0. The van der Waals surface area contributed by atoms with E-state index in [1.54, 1.807) is 0 Å². The molecule has 172 valence electrons. The van der Waals surface area contributed by atoms with E-state index in [1.165, 1.54) is 64.2 Å². The van der Waals surface area contributed by atoms with Gasteiger partial charge in [-0.15, -0.1) is 0 Å². The largest absolute Gasteiger partial charge is 0.464 e. The van der Waals surface area contributed by atoms with Crippen LogP contribution in [0.2, 0.25) is 0 Å². The number of amides is 1. The highest BCUT2D eigenvalue weighted by molar-refractivity contribution is 5.81. The Bertz CT molecular complexity index is 398. The molecular formula is C24H47NO4. The molecule has 0 aliphatic rings. The molecule has 0 radical (unpaired) electrons. The maximum absolute atomic E-state index is 12.2. The average molecular weight is 414 g/mol. The third kappa shape index (κ3) is 18.5. The highest BCUT2D eigenvalue weighted by Gasteiger charge is 2.22. The van der Waals surface area contributed by atoms with Gasteiger partial charge in [-0.1, -0.05) is 105 Å². The predicted octanol–water partition coefficient (Wildman–Crippen LogP) is 6.78. The van der Waals surface area contributed by atoms with Crippen LogP contribution in [0.15, 0.2) is 0 Å². The van der Waals surface area contributed by atoms with Crippen LogP contribution in [-0.2, 0) is 14.3 Å². The standard InChI is InChI=1S/C24H47NO4/c1-5-7-8-9-10-11-12-13-14-15-16-17-19-28-23(26)22(18-6-2)25-24(27)29-20-21(3)4/h21-22H,5-20H2,1-4H3,(H,25,27). The van der Waals surface area contributed by atoms with Gasteiger partial charge in [0, 0.05) is 0 Å². The summed E-state index contributed by atoms with van der Waals surface area (Å²) in [6.07, 6.45) is 16.1. The van der Waals surface area contributed by atoms with Gasteiger partial charge in [0.15, 0.2) is 0 Å². The number of rotatable bonds is 19. The Morgan fingerprint density at radius 2 is 1.24 bits per heavy atom. The lowest BCUT2D eigenvalue weighted by Gasteiger charge is -2.17. The van der Waals surface area contributed by atoms with Crippen molar-refractivity contribution in [2.45, 2.75) is 124 Å². The van der Waals surface area contributed by atoms with Crippen molar-refractivity contribution in [2.24, 2.45) is 5.92 Å². The Labute approximate surface area is 179 Å². The number of hydrogen-bond donors (Lipinski definition) is 1. The van der Waals surface area contributed by atoms with Gasteiger partial charge >= 0.3 is 12.1 Å². The monoisotopic (exact) mass is 413 g/mol. The first-order chi connectivity index (χ1) is 14.0. The van der Waals surface area contributed by atoms with Crippen molar-refractivity contribution < 1.29 is 19.1 Å². The lowest BCUT2D eigenvalue weighted by atomic mass is 10.1. The second-order valence-corrected chi connectivity index (χ2v) is 8.53. The van der Waals surface area contributed by atoms with Gasteiger partial charge in [0.1, 0.15) is 6.04 Å². The molecule has 1 N–H and O–H groups in total. The van der Waals surface area contributed by atoms with Crippen molar-refractivity contribution in [3.63, 3.8) is 0 Å². The fraction of sp³-hybridized carbons (Fsp3) is 0.917. The van der Waals surface area contributed by atoms with Gasteiger partial charge < -0.3 is 14.8 Å². The molecular weight excluding hydrogens is 366 g/mol. The average Bonchev–Trinajstić information content (AvgIpc) is 2.69. The van der Waals surface area contributed by atoms with E-state index < -0.39 is 12.1 Å². The molecule has 0 bridgehead atoms. The number of nitrogens with one attached hydrogen (secondary N) is 1. The van der Waals surface area contributed by atoms with Crippen molar-refractivity contribution in [3.8, 4) is 0 Å². The summed E-state index contributed by atoms with van der Waals surface area (Å²) in [7, 11) is 0. The van der Waals surface area contributed by atoms with Crippen LogP contribution in [0.1, 0.15) is 118 Å². The molecule has 1 atom stereocenters. The second kappa shape index (κ2) is 20.0. The van der Waals surface area contributed by atoms with E-state index in [4.69, 9.17) is 9.47 Å². The number of hydrogen-bond acceptors (Lipinski definition) is 4. The van der Waals surface area contributed by atoms with Gasteiger partial charge in [-0.05, 0) is 18.8 Å². The SMILES string of the molecule is CCCCCCCCCCCCCCOC(=O)C(CCC)NC(=O)OCC(C)C. The number of carbonyl (C=O) groups excluding carboxylic acids is 2. The number of carbonyl (C=O) groups is 2. The third-order valence-corrected chi connectivity index (χ3v) is 4.94. The highest BCUT2D eigenvalue weighted by Crippen LogP contribution is 2.12. The molecule has 1 amide bonds. The Morgan fingerprint density at radius 1 is 0.724 bits per heavy atom. The first-order valence-electron chi connectivity index (χ1n) is 12.1. The number of ether oxygens (including phenoxy) is 2. The molecule has 0 fully saturated rings. The predicted molar refractivity (Wildman–Crippen MR) is 120 cm³/mol. The number of esters is 1. The van der Waals surface area contributed by atoms with E-state index >= 15 is 0 Å². The summed E-state index contributed by atoms with van der Waals surface area (Å²) >= 11 is 0. The zero-order chi connectivity index (χ0) is 21.7. The van der Waals surface area contributed by atoms with Gasteiger partial charge in [0.25, 0.3) is 0 Å². The molecule has 1 unspecified atom stereocenters. The topological polar surface area (TPSA) is 64.6 Å². The third-order valence-electron chi connectivity index (χ3n) is 4.94. The molecule has 0 aromatic rings. The normalized spacial score (nSPS) is 12.0. The highest BCUT2D eigenvalue weighted by atomic mass is 16.6. The summed E-state index contributed by atoms with van der Waals surface area (Å²) in [6.45, 7) is 8.95. The summed E-state index contributed by atoms with van der Waals surface area (Å²) in [5, 5.41) is 2.63. The van der Waals surface area contributed by atoms with E-state index in [-0.39, 0.29) is 11.9 Å². The first kappa shape index (κ1) is 27.7. The summed E-state index contributed by atoms with van der Waals surface area (Å²) in [5.41, 5.74) is 0. The minimum Gasteiger partial charge on any atom is -0.464 e. The molecule has 29 heavy (non-hydrogen) atoms. The summed E-state index contributed by atoms with van der Waals surface area (Å²) in [6, 6.07) is -0.614. The maximum Gasteiger partial charge on any atom is 0.407 e. The number of alkyl carbamates (subject to hydrolysis) is 1. The van der Waals surface area contributed by atoms with Gasteiger partial charge in [0.2, 0.25) is 0 Å². The molecule has 0 saturated carbocycles. The molecule has 0 aromatic heterocycles. The van der Waals surface area contributed by atoms with Crippen LogP contribution in [-0.4, -0.2) is 31.3 Å². The van der Waals surface area contributed by atoms with E-state index in [1.807, 2.05) is 20.8 Å². The Morgan fingerprint density at radius 3 is 1.72 bits per heavy atom. The minimum atomic E-state index is -0.614. The Hall–Kier alpha value is -1.26. The van der Waals surface area contributed by atoms with Crippen LogP contribution in [0.3, 0.4) is 0 Å². The zero-order valence-corrected chi connectivity index (χ0v) is 19.6. The Balaban J connectivity index is 3.69. The Kier molecular flexibility index (Phi) is 19.2.